The standard InChI is InChI=1S/C15H28N2O2/c1-4-5-8-18-9-10-19-12-15(11-16,14-6-7-14)17-13(2)3/h13-14,17H,4-10,12H2,1-3H3. The Morgan fingerprint density at radius 2 is 1.95 bits per heavy atom. The minimum absolute atomic E-state index is 0.296. The molecule has 0 amide bonds. The van der Waals surface area contributed by atoms with Gasteiger partial charge in [-0.1, -0.05) is 13.3 Å². The highest BCUT2D eigenvalue weighted by atomic mass is 16.5. The van der Waals surface area contributed by atoms with Gasteiger partial charge in [0.1, 0.15) is 5.54 Å². The maximum atomic E-state index is 9.48. The van der Waals surface area contributed by atoms with E-state index >= 15 is 0 Å². The lowest BCUT2D eigenvalue weighted by Gasteiger charge is -2.30. The van der Waals surface area contributed by atoms with Gasteiger partial charge in [-0.05, 0) is 39.0 Å². The van der Waals surface area contributed by atoms with Gasteiger partial charge in [0.25, 0.3) is 0 Å². The molecule has 0 aromatic rings. The van der Waals surface area contributed by atoms with E-state index < -0.39 is 5.54 Å². The van der Waals surface area contributed by atoms with Crippen molar-refractivity contribution in [3.8, 4) is 6.07 Å². The number of unbranched alkanes of at least 4 members (excludes halogenated alkanes) is 1. The number of hydrogen-bond donors (Lipinski definition) is 1. The van der Waals surface area contributed by atoms with Crippen LogP contribution in [0.15, 0.2) is 0 Å². The van der Waals surface area contributed by atoms with E-state index in [-0.39, 0.29) is 0 Å². The van der Waals surface area contributed by atoms with Crippen LogP contribution in [0.4, 0.5) is 0 Å². The third-order valence-corrected chi connectivity index (χ3v) is 3.36. The summed E-state index contributed by atoms with van der Waals surface area (Å²) < 4.78 is 11.1. The molecule has 0 heterocycles. The van der Waals surface area contributed by atoms with Crippen molar-refractivity contribution in [3.05, 3.63) is 0 Å². The van der Waals surface area contributed by atoms with Crippen molar-refractivity contribution < 1.29 is 9.47 Å². The SMILES string of the molecule is CCCCOCCOCC(C#N)(NC(C)C)C1CC1. The maximum Gasteiger partial charge on any atom is 0.133 e. The quantitative estimate of drug-likeness (QED) is 0.585. The molecule has 0 radical (unpaired) electrons. The van der Waals surface area contributed by atoms with Crippen LogP contribution < -0.4 is 5.32 Å². The number of nitrogens with one attached hydrogen (secondary N) is 1. The molecule has 19 heavy (non-hydrogen) atoms. The number of ether oxygens (including phenoxy) is 2. The third kappa shape index (κ3) is 5.90. The summed E-state index contributed by atoms with van der Waals surface area (Å²) in [7, 11) is 0. The summed E-state index contributed by atoms with van der Waals surface area (Å²) in [6, 6.07) is 2.74. The molecule has 0 aromatic heterocycles. The van der Waals surface area contributed by atoms with Crippen molar-refractivity contribution in [3.63, 3.8) is 0 Å². The monoisotopic (exact) mass is 268 g/mol. The topological polar surface area (TPSA) is 54.3 Å². The van der Waals surface area contributed by atoms with Gasteiger partial charge in [0, 0.05) is 12.6 Å². The molecule has 1 unspecified atom stereocenters. The second kappa shape index (κ2) is 8.52. The molecule has 0 aromatic carbocycles. The fourth-order valence-electron chi connectivity index (χ4n) is 2.22. The predicted octanol–water partition coefficient (Wildman–Crippen LogP) is 2.49. The zero-order chi connectivity index (χ0) is 14.1. The normalized spacial score (nSPS) is 18.3. The molecule has 0 aliphatic heterocycles. The van der Waals surface area contributed by atoms with E-state index in [1.807, 2.05) is 0 Å². The minimum atomic E-state index is -0.502. The molecule has 110 valence electrons. The Morgan fingerprint density at radius 3 is 2.47 bits per heavy atom. The first-order valence-corrected chi connectivity index (χ1v) is 7.49. The lowest BCUT2D eigenvalue weighted by Crippen LogP contribution is -2.53. The van der Waals surface area contributed by atoms with Crippen LogP contribution in [0.1, 0.15) is 46.5 Å². The van der Waals surface area contributed by atoms with Crippen LogP contribution in [-0.2, 0) is 9.47 Å². The Labute approximate surface area is 117 Å². The van der Waals surface area contributed by atoms with Crippen molar-refractivity contribution >= 4 is 0 Å². The Balaban J connectivity index is 2.24. The molecule has 4 nitrogen and oxygen atoms in total. The molecular formula is C15H28N2O2. The van der Waals surface area contributed by atoms with Gasteiger partial charge in [-0.2, -0.15) is 5.26 Å². The van der Waals surface area contributed by atoms with E-state index in [2.05, 4.69) is 32.2 Å². The lowest BCUT2D eigenvalue weighted by molar-refractivity contribution is 0.0234. The lowest BCUT2D eigenvalue weighted by atomic mass is 9.95. The first kappa shape index (κ1) is 16.4. The van der Waals surface area contributed by atoms with Gasteiger partial charge in [-0.15, -0.1) is 0 Å². The van der Waals surface area contributed by atoms with Crippen molar-refractivity contribution in [2.75, 3.05) is 26.4 Å². The van der Waals surface area contributed by atoms with Crippen molar-refractivity contribution in [1.29, 1.82) is 5.26 Å². The summed E-state index contributed by atoms with van der Waals surface area (Å²) in [5, 5.41) is 12.9. The van der Waals surface area contributed by atoms with Gasteiger partial charge < -0.3 is 9.47 Å². The Hall–Kier alpha value is -0.630. The third-order valence-electron chi connectivity index (χ3n) is 3.36. The Kier molecular flexibility index (Phi) is 7.37. The van der Waals surface area contributed by atoms with Gasteiger partial charge >= 0.3 is 0 Å². The van der Waals surface area contributed by atoms with E-state index in [0.717, 1.165) is 32.3 Å². The highest BCUT2D eigenvalue weighted by Gasteiger charge is 2.46. The molecule has 1 aliphatic carbocycles. The zero-order valence-electron chi connectivity index (χ0n) is 12.6. The molecular weight excluding hydrogens is 240 g/mol. The second-order valence-electron chi connectivity index (χ2n) is 5.67. The molecule has 0 spiro atoms. The fraction of sp³-hybridized carbons (Fsp3) is 0.933. The summed E-state index contributed by atoms with van der Waals surface area (Å²) in [6.45, 7) is 8.74. The summed E-state index contributed by atoms with van der Waals surface area (Å²) in [5.41, 5.74) is -0.502. The van der Waals surface area contributed by atoms with E-state index in [1.165, 1.54) is 0 Å². The first-order chi connectivity index (χ1) is 9.14. The van der Waals surface area contributed by atoms with Gasteiger partial charge in [0.05, 0.1) is 25.9 Å². The average Bonchev–Trinajstić information content (AvgIpc) is 3.20. The molecule has 1 fully saturated rings. The average molecular weight is 268 g/mol. The van der Waals surface area contributed by atoms with E-state index in [1.54, 1.807) is 0 Å². The molecule has 0 bridgehead atoms. The summed E-state index contributed by atoms with van der Waals surface area (Å²) in [6.07, 6.45) is 4.50. The van der Waals surface area contributed by atoms with Gasteiger partial charge in [0.2, 0.25) is 0 Å². The van der Waals surface area contributed by atoms with Gasteiger partial charge in [0.15, 0.2) is 0 Å². The summed E-state index contributed by atoms with van der Waals surface area (Å²) in [4.78, 5) is 0. The van der Waals surface area contributed by atoms with Crippen LogP contribution >= 0.6 is 0 Å². The maximum absolute atomic E-state index is 9.48. The predicted molar refractivity (Wildman–Crippen MR) is 75.9 cm³/mol. The fourth-order valence-corrected chi connectivity index (χ4v) is 2.22. The highest BCUT2D eigenvalue weighted by Crippen LogP contribution is 2.39. The molecule has 1 N–H and O–H groups in total. The van der Waals surface area contributed by atoms with Crippen LogP contribution in [-0.4, -0.2) is 38.0 Å². The molecule has 1 atom stereocenters. The van der Waals surface area contributed by atoms with Crippen LogP contribution in [0.2, 0.25) is 0 Å². The van der Waals surface area contributed by atoms with E-state index in [0.29, 0.717) is 31.8 Å². The smallest absolute Gasteiger partial charge is 0.133 e. The molecule has 1 rings (SSSR count). The number of hydrogen-bond acceptors (Lipinski definition) is 4. The second-order valence-corrected chi connectivity index (χ2v) is 5.67. The molecule has 0 saturated heterocycles. The largest absolute Gasteiger partial charge is 0.379 e. The first-order valence-electron chi connectivity index (χ1n) is 7.49. The zero-order valence-corrected chi connectivity index (χ0v) is 12.6. The summed E-state index contributed by atoms with van der Waals surface area (Å²) >= 11 is 0. The van der Waals surface area contributed by atoms with Crippen molar-refractivity contribution in [2.45, 2.75) is 58.0 Å². The number of nitrogens with zero attached hydrogens (tertiary/aromatic N) is 1. The van der Waals surface area contributed by atoms with Gasteiger partial charge in [-0.25, -0.2) is 0 Å². The number of nitriles is 1. The van der Waals surface area contributed by atoms with Crippen LogP contribution in [0.25, 0.3) is 0 Å². The van der Waals surface area contributed by atoms with E-state index in [9.17, 15) is 5.26 Å². The van der Waals surface area contributed by atoms with Gasteiger partial charge in [-0.3, -0.25) is 5.32 Å². The molecule has 1 aliphatic rings. The molecule has 1 saturated carbocycles. The number of rotatable bonds is 11. The molecule has 4 heteroatoms. The highest BCUT2D eigenvalue weighted by molar-refractivity contribution is 5.15. The van der Waals surface area contributed by atoms with Crippen LogP contribution in [0.5, 0.6) is 0 Å². The summed E-state index contributed by atoms with van der Waals surface area (Å²) in [5.74, 6) is 0.445. The minimum Gasteiger partial charge on any atom is -0.379 e. The van der Waals surface area contributed by atoms with Crippen LogP contribution in [0.3, 0.4) is 0 Å². The Morgan fingerprint density at radius 1 is 1.26 bits per heavy atom. The van der Waals surface area contributed by atoms with Crippen molar-refractivity contribution in [2.24, 2.45) is 5.92 Å². The van der Waals surface area contributed by atoms with Crippen LogP contribution in [0, 0.1) is 17.2 Å². The Bertz CT molecular complexity index is 284. The van der Waals surface area contributed by atoms with E-state index in [4.69, 9.17) is 9.47 Å². The van der Waals surface area contributed by atoms with Crippen molar-refractivity contribution in [1.82, 2.24) is 5.32 Å².